The van der Waals surface area contributed by atoms with Gasteiger partial charge < -0.3 is 21.5 Å². The molecule has 0 spiro atoms. The van der Waals surface area contributed by atoms with Crippen molar-refractivity contribution in [3.8, 4) is 0 Å². The lowest BCUT2D eigenvalue weighted by atomic mass is 10.0. The Balaban J connectivity index is 2.11. The van der Waals surface area contributed by atoms with Gasteiger partial charge in [0.05, 0.1) is 11.3 Å². The molecule has 2 aromatic carbocycles. The van der Waals surface area contributed by atoms with Crippen LogP contribution in [0.5, 0.6) is 0 Å². The molecule has 11 nitrogen and oxygen atoms in total. The summed E-state index contributed by atoms with van der Waals surface area (Å²) >= 11 is 0. The lowest BCUT2D eigenvalue weighted by molar-refractivity contribution is -0.130. The summed E-state index contributed by atoms with van der Waals surface area (Å²) in [6.45, 7) is 7.36. The summed E-state index contributed by atoms with van der Waals surface area (Å²) in [5.74, 6) is -3.18. The number of nitrogens with two attached hydrogens (primary N) is 1. The SMILES string of the molecule is CC(C)C[C@H](NC(=O)[C@H](NS(=O)(=O)Cc1cccc(C(=O)O)c1)C(C)C)C(=O)NCc1ccc(C(=N)N)cc1. The first kappa shape index (κ1) is 31.4. The van der Waals surface area contributed by atoms with Crippen molar-refractivity contribution in [1.82, 2.24) is 15.4 Å². The topological polar surface area (TPSA) is 192 Å². The van der Waals surface area contributed by atoms with E-state index in [1.54, 1.807) is 38.1 Å². The number of carboxylic acids is 1. The summed E-state index contributed by atoms with van der Waals surface area (Å²) in [7, 11) is -4.03. The minimum atomic E-state index is -4.03. The Bertz CT molecular complexity index is 1290. The van der Waals surface area contributed by atoms with Gasteiger partial charge in [-0.05, 0) is 41.5 Å². The van der Waals surface area contributed by atoms with E-state index in [1.165, 1.54) is 24.3 Å². The second-order valence-corrected chi connectivity index (χ2v) is 11.9. The Morgan fingerprint density at radius 2 is 1.59 bits per heavy atom. The highest BCUT2D eigenvalue weighted by Gasteiger charge is 2.31. The molecule has 0 radical (unpaired) electrons. The van der Waals surface area contributed by atoms with Crippen molar-refractivity contribution in [3.63, 3.8) is 0 Å². The fourth-order valence-electron chi connectivity index (χ4n) is 3.82. The number of hydrogen-bond donors (Lipinski definition) is 6. The van der Waals surface area contributed by atoms with Crippen molar-refractivity contribution in [2.75, 3.05) is 0 Å². The molecule has 0 heterocycles. The minimum absolute atomic E-state index is 0.0433. The predicted octanol–water partition coefficient (Wildman–Crippen LogP) is 1.96. The summed E-state index contributed by atoms with van der Waals surface area (Å²) in [6, 6.07) is 10.3. The second-order valence-electron chi connectivity index (χ2n) is 10.1. The van der Waals surface area contributed by atoms with Gasteiger partial charge in [0.2, 0.25) is 21.8 Å². The number of carboxylic acid groups (broad SMARTS) is 1. The third kappa shape index (κ3) is 10.1. The first-order valence-corrected chi connectivity index (χ1v) is 14.2. The van der Waals surface area contributed by atoms with E-state index in [-0.39, 0.29) is 29.4 Å². The zero-order valence-electron chi connectivity index (χ0n) is 22.5. The van der Waals surface area contributed by atoms with Gasteiger partial charge in [0.15, 0.2) is 0 Å². The first-order valence-electron chi connectivity index (χ1n) is 12.5. The van der Waals surface area contributed by atoms with Gasteiger partial charge in [-0.15, -0.1) is 0 Å². The molecule has 0 aliphatic rings. The highest BCUT2D eigenvalue weighted by atomic mass is 32.2. The van der Waals surface area contributed by atoms with E-state index in [1.807, 2.05) is 13.8 Å². The Labute approximate surface area is 229 Å². The highest BCUT2D eigenvalue weighted by molar-refractivity contribution is 7.88. The summed E-state index contributed by atoms with van der Waals surface area (Å²) in [6.07, 6.45) is 0.334. The van der Waals surface area contributed by atoms with E-state index in [2.05, 4.69) is 15.4 Å². The molecule has 0 fully saturated rings. The zero-order valence-corrected chi connectivity index (χ0v) is 23.3. The van der Waals surface area contributed by atoms with Crippen LogP contribution in [-0.2, 0) is 31.9 Å². The maximum Gasteiger partial charge on any atom is 0.335 e. The van der Waals surface area contributed by atoms with Crippen LogP contribution >= 0.6 is 0 Å². The van der Waals surface area contributed by atoms with Crippen LogP contribution in [0.3, 0.4) is 0 Å². The van der Waals surface area contributed by atoms with E-state index >= 15 is 0 Å². The molecular formula is C27H37N5O6S. The smallest absolute Gasteiger partial charge is 0.335 e. The Morgan fingerprint density at radius 1 is 0.949 bits per heavy atom. The van der Waals surface area contributed by atoms with Crippen molar-refractivity contribution in [1.29, 1.82) is 5.41 Å². The molecule has 39 heavy (non-hydrogen) atoms. The average molecular weight is 560 g/mol. The van der Waals surface area contributed by atoms with E-state index in [0.717, 1.165) is 5.56 Å². The molecule has 212 valence electrons. The van der Waals surface area contributed by atoms with Crippen LogP contribution in [-0.4, -0.2) is 49.2 Å². The number of rotatable bonds is 14. The van der Waals surface area contributed by atoms with Crippen molar-refractivity contribution in [2.24, 2.45) is 17.6 Å². The molecule has 2 rings (SSSR count). The van der Waals surface area contributed by atoms with Gasteiger partial charge in [0.25, 0.3) is 0 Å². The number of aromatic carboxylic acids is 1. The van der Waals surface area contributed by atoms with Crippen LogP contribution in [0.4, 0.5) is 0 Å². The summed E-state index contributed by atoms with van der Waals surface area (Å²) in [4.78, 5) is 37.4. The zero-order chi connectivity index (χ0) is 29.3. The Hall–Kier alpha value is -3.77. The van der Waals surface area contributed by atoms with Crippen molar-refractivity contribution in [2.45, 2.75) is 58.5 Å². The number of carbonyl (C=O) groups excluding carboxylic acids is 2. The van der Waals surface area contributed by atoms with Crippen molar-refractivity contribution >= 4 is 33.6 Å². The highest BCUT2D eigenvalue weighted by Crippen LogP contribution is 2.13. The third-order valence-electron chi connectivity index (χ3n) is 5.86. The van der Waals surface area contributed by atoms with E-state index in [4.69, 9.17) is 16.2 Å². The lowest BCUT2D eigenvalue weighted by Gasteiger charge is -2.26. The molecule has 2 atom stereocenters. The standard InChI is InChI=1S/C27H37N5O6S/c1-16(2)12-22(25(33)30-14-18-8-10-20(11-9-18)24(28)29)31-26(34)23(17(3)4)32-39(37,38)15-19-6-5-7-21(13-19)27(35)36/h5-11,13,16-17,22-23,32H,12,14-15H2,1-4H3,(H3,28,29)(H,30,33)(H,31,34)(H,35,36)/t22-,23+/m0/s1. The number of nitrogens with one attached hydrogen (secondary N) is 4. The maximum atomic E-state index is 13.2. The number of amidine groups is 1. The summed E-state index contributed by atoms with van der Waals surface area (Å²) < 4.78 is 28.2. The molecule has 12 heteroatoms. The van der Waals surface area contributed by atoms with Gasteiger partial charge in [0, 0.05) is 12.1 Å². The molecule has 2 aromatic rings. The Kier molecular flexibility index (Phi) is 11.2. The molecule has 0 saturated heterocycles. The fourth-order valence-corrected chi connectivity index (χ4v) is 5.29. The van der Waals surface area contributed by atoms with Crippen LogP contribution in [0.15, 0.2) is 48.5 Å². The van der Waals surface area contributed by atoms with Crippen LogP contribution in [0.25, 0.3) is 0 Å². The van der Waals surface area contributed by atoms with Crippen LogP contribution < -0.4 is 21.1 Å². The minimum Gasteiger partial charge on any atom is -0.478 e. The number of benzene rings is 2. The molecule has 2 amide bonds. The summed E-state index contributed by atoms with van der Waals surface area (Å²) in [5.41, 5.74) is 7.03. The van der Waals surface area contributed by atoms with Crippen molar-refractivity contribution < 1.29 is 27.9 Å². The van der Waals surface area contributed by atoms with Gasteiger partial charge in [-0.25, -0.2) is 17.9 Å². The number of sulfonamides is 1. The van der Waals surface area contributed by atoms with Gasteiger partial charge >= 0.3 is 5.97 Å². The number of carbonyl (C=O) groups is 3. The average Bonchev–Trinajstić information content (AvgIpc) is 2.85. The number of amides is 2. The van der Waals surface area contributed by atoms with Gasteiger partial charge in [-0.1, -0.05) is 64.1 Å². The quantitative estimate of drug-likeness (QED) is 0.150. The fraction of sp³-hybridized carbons (Fsp3) is 0.407. The maximum absolute atomic E-state index is 13.2. The van der Waals surface area contributed by atoms with E-state index in [9.17, 15) is 22.8 Å². The van der Waals surface area contributed by atoms with E-state index in [0.29, 0.717) is 12.0 Å². The molecule has 7 N–H and O–H groups in total. The van der Waals surface area contributed by atoms with Gasteiger partial charge in [-0.2, -0.15) is 0 Å². The van der Waals surface area contributed by atoms with E-state index < -0.39 is 51.6 Å². The monoisotopic (exact) mass is 559 g/mol. The molecule has 0 aliphatic heterocycles. The third-order valence-corrected chi connectivity index (χ3v) is 7.18. The first-order chi connectivity index (χ1) is 18.2. The number of nitrogen functional groups attached to an aromatic ring is 1. The normalized spacial score (nSPS) is 13.1. The largest absolute Gasteiger partial charge is 0.478 e. The van der Waals surface area contributed by atoms with Crippen LogP contribution in [0.2, 0.25) is 0 Å². The summed E-state index contributed by atoms with van der Waals surface area (Å²) in [5, 5.41) is 22.1. The second kappa shape index (κ2) is 13.9. The van der Waals surface area contributed by atoms with Gasteiger partial charge in [-0.3, -0.25) is 15.0 Å². The molecule has 0 aliphatic carbocycles. The Morgan fingerprint density at radius 3 is 2.13 bits per heavy atom. The molecular weight excluding hydrogens is 522 g/mol. The van der Waals surface area contributed by atoms with Crippen LogP contribution in [0, 0.1) is 17.2 Å². The molecule has 0 bridgehead atoms. The van der Waals surface area contributed by atoms with Crippen molar-refractivity contribution in [3.05, 3.63) is 70.8 Å². The predicted molar refractivity (Wildman–Crippen MR) is 148 cm³/mol. The lowest BCUT2D eigenvalue weighted by Crippen LogP contribution is -2.55. The molecule has 0 saturated carbocycles. The van der Waals surface area contributed by atoms with Crippen LogP contribution in [0.1, 0.15) is 61.2 Å². The molecule has 0 unspecified atom stereocenters. The molecule has 0 aromatic heterocycles. The number of hydrogen-bond acceptors (Lipinski definition) is 6. The van der Waals surface area contributed by atoms with Gasteiger partial charge in [0.1, 0.15) is 17.9 Å².